The average Bonchev–Trinajstić information content (AvgIpc) is 2.39. The van der Waals surface area contributed by atoms with E-state index in [9.17, 15) is 5.11 Å². The zero-order chi connectivity index (χ0) is 12.6. The summed E-state index contributed by atoms with van der Waals surface area (Å²) in [5.74, 6) is 1.21. The number of benzene rings is 1. The highest BCUT2D eigenvalue weighted by Crippen LogP contribution is 2.19. The summed E-state index contributed by atoms with van der Waals surface area (Å²) in [6.45, 7) is 3.13. The van der Waals surface area contributed by atoms with Crippen LogP contribution in [0.1, 0.15) is 25.3 Å². The minimum Gasteiger partial charge on any atom is -0.394 e. The molecule has 0 aliphatic heterocycles. The number of unbranched alkanes of at least 4 members (excludes halogenated alkanes) is 1. The van der Waals surface area contributed by atoms with E-state index in [1.54, 1.807) is 0 Å². The van der Waals surface area contributed by atoms with Crippen LogP contribution in [-0.2, 0) is 5.54 Å². The lowest BCUT2D eigenvalue weighted by Crippen LogP contribution is -2.43. The van der Waals surface area contributed by atoms with Crippen LogP contribution in [0.3, 0.4) is 0 Å². The van der Waals surface area contributed by atoms with Crippen molar-refractivity contribution in [2.75, 3.05) is 25.2 Å². The van der Waals surface area contributed by atoms with Gasteiger partial charge in [0.25, 0.3) is 0 Å². The second-order valence-corrected chi connectivity index (χ2v) is 5.47. The molecular weight excluding hydrogens is 230 g/mol. The summed E-state index contributed by atoms with van der Waals surface area (Å²) in [6, 6.07) is 10.1. The van der Waals surface area contributed by atoms with Gasteiger partial charge in [-0.2, -0.15) is 11.8 Å². The van der Waals surface area contributed by atoms with Crippen LogP contribution in [0.2, 0.25) is 0 Å². The Hall–Kier alpha value is -0.510. The molecule has 0 heterocycles. The number of thioether (sulfide) groups is 1. The Morgan fingerprint density at radius 3 is 2.53 bits per heavy atom. The van der Waals surface area contributed by atoms with Crippen LogP contribution in [0.25, 0.3) is 0 Å². The van der Waals surface area contributed by atoms with Crippen molar-refractivity contribution in [1.82, 2.24) is 5.32 Å². The van der Waals surface area contributed by atoms with E-state index in [1.165, 1.54) is 12.2 Å². The zero-order valence-corrected chi connectivity index (χ0v) is 11.6. The first-order chi connectivity index (χ1) is 8.23. The smallest absolute Gasteiger partial charge is 0.0652 e. The zero-order valence-electron chi connectivity index (χ0n) is 10.8. The first kappa shape index (κ1) is 14.6. The summed E-state index contributed by atoms with van der Waals surface area (Å²) in [6.07, 6.45) is 4.52. The second kappa shape index (κ2) is 7.75. The molecule has 0 aliphatic rings. The molecule has 0 bridgehead atoms. The predicted octanol–water partition coefficient (Wildman–Crippen LogP) is 2.63. The number of hydrogen-bond acceptors (Lipinski definition) is 3. The van der Waals surface area contributed by atoms with E-state index < -0.39 is 0 Å². The number of aliphatic hydroxyl groups is 1. The van der Waals surface area contributed by atoms with Crippen molar-refractivity contribution in [1.29, 1.82) is 0 Å². The van der Waals surface area contributed by atoms with E-state index in [0.717, 1.165) is 18.5 Å². The molecule has 17 heavy (non-hydrogen) atoms. The van der Waals surface area contributed by atoms with Crippen molar-refractivity contribution in [3.05, 3.63) is 35.9 Å². The second-order valence-electron chi connectivity index (χ2n) is 4.48. The van der Waals surface area contributed by atoms with Crippen LogP contribution in [0.15, 0.2) is 30.3 Å². The molecular formula is C14H23NOS. The number of nitrogens with one attached hydrogen (secondary N) is 1. The molecule has 0 aliphatic carbocycles. The van der Waals surface area contributed by atoms with E-state index >= 15 is 0 Å². The molecule has 1 aromatic carbocycles. The van der Waals surface area contributed by atoms with E-state index in [4.69, 9.17) is 0 Å². The first-order valence-corrected chi connectivity index (χ1v) is 7.52. The third-order valence-electron chi connectivity index (χ3n) is 3.02. The van der Waals surface area contributed by atoms with Gasteiger partial charge in [0.15, 0.2) is 0 Å². The minimum absolute atomic E-state index is 0.125. The number of aliphatic hydroxyl groups excluding tert-OH is 1. The fourth-order valence-electron chi connectivity index (χ4n) is 1.79. The van der Waals surface area contributed by atoms with Gasteiger partial charge in [0.1, 0.15) is 0 Å². The Morgan fingerprint density at radius 1 is 1.24 bits per heavy atom. The molecule has 1 aromatic rings. The van der Waals surface area contributed by atoms with Crippen LogP contribution in [-0.4, -0.2) is 30.3 Å². The Kier molecular flexibility index (Phi) is 6.63. The van der Waals surface area contributed by atoms with Crippen molar-refractivity contribution >= 4 is 11.8 Å². The first-order valence-electron chi connectivity index (χ1n) is 6.13. The monoisotopic (exact) mass is 253 g/mol. The fraction of sp³-hybridized carbons (Fsp3) is 0.571. The van der Waals surface area contributed by atoms with E-state index in [2.05, 4.69) is 30.6 Å². The fourth-order valence-corrected chi connectivity index (χ4v) is 2.28. The van der Waals surface area contributed by atoms with E-state index in [0.29, 0.717) is 0 Å². The summed E-state index contributed by atoms with van der Waals surface area (Å²) in [4.78, 5) is 0. The maximum Gasteiger partial charge on any atom is 0.0652 e. The van der Waals surface area contributed by atoms with Gasteiger partial charge in [-0.1, -0.05) is 30.3 Å². The third kappa shape index (κ3) is 4.70. The van der Waals surface area contributed by atoms with Gasteiger partial charge in [0.05, 0.1) is 12.1 Å². The molecule has 2 N–H and O–H groups in total. The molecule has 0 saturated carbocycles. The molecule has 0 radical (unpaired) electrons. The Balaban J connectivity index is 2.46. The summed E-state index contributed by atoms with van der Waals surface area (Å²) < 4.78 is 0. The van der Waals surface area contributed by atoms with Crippen LogP contribution >= 0.6 is 11.8 Å². The van der Waals surface area contributed by atoms with Crippen LogP contribution in [0, 0.1) is 0 Å². The van der Waals surface area contributed by atoms with Crippen molar-refractivity contribution in [2.24, 2.45) is 0 Å². The molecule has 1 unspecified atom stereocenters. The van der Waals surface area contributed by atoms with Gasteiger partial charge in [-0.05, 0) is 43.9 Å². The normalized spacial score (nSPS) is 14.5. The van der Waals surface area contributed by atoms with Gasteiger partial charge in [0.2, 0.25) is 0 Å². The SMILES string of the molecule is CSCCCCNC(C)(CO)c1ccccc1. The third-order valence-corrected chi connectivity index (χ3v) is 3.71. The quantitative estimate of drug-likeness (QED) is 0.699. The lowest BCUT2D eigenvalue weighted by molar-refractivity contribution is 0.175. The molecule has 1 atom stereocenters. The molecule has 96 valence electrons. The maximum absolute atomic E-state index is 9.57. The minimum atomic E-state index is -0.319. The summed E-state index contributed by atoms with van der Waals surface area (Å²) >= 11 is 1.88. The molecule has 1 rings (SSSR count). The van der Waals surface area contributed by atoms with E-state index in [1.807, 2.05) is 30.0 Å². The Labute approximate surface area is 109 Å². The topological polar surface area (TPSA) is 32.3 Å². The predicted molar refractivity (Wildman–Crippen MR) is 76.5 cm³/mol. The Morgan fingerprint density at radius 2 is 1.94 bits per heavy atom. The van der Waals surface area contributed by atoms with Gasteiger partial charge >= 0.3 is 0 Å². The maximum atomic E-state index is 9.57. The van der Waals surface area contributed by atoms with Crippen molar-refractivity contribution in [3.8, 4) is 0 Å². The van der Waals surface area contributed by atoms with Crippen molar-refractivity contribution in [3.63, 3.8) is 0 Å². The summed E-state index contributed by atoms with van der Waals surface area (Å²) in [7, 11) is 0. The van der Waals surface area contributed by atoms with E-state index in [-0.39, 0.29) is 12.1 Å². The van der Waals surface area contributed by atoms with Crippen molar-refractivity contribution in [2.45, 2.75) is 25.3 Å². The Bertz CT molecular complexity index is 304. The highest BCUT2D eigenvalue weighted by atomic mass is 32.2. The van der Waals surface area contributed by atoms with Gasteiger partial charge in [-0.15, -0.1) is 0 Å². The number of hydrogen-bond donors (Lipinski definition) is 2. The van der Waals surface area contributed by atoms with Gasteiger partial charge in [-0.3, -0.25) is 0 Å². The number of rotatable bonds is 8. The van der Waals surface area contributed by atoms with Crippen molar-refractivity contribution < 1.29 is 5.11 Å². The molecule has 2 nitrogen and oxygen atoms in total. The highest BCUT2D eigenvalue weighted by molar-refractivity contribution is 7.98. The van der Waals surface area contributed by atoms with Crippen LogP contribution < -0.4 is 5.32 Å². The molecule has 3 heteroatoms. The summed E-state index contributed by atoms with van der Waals surface area (Å²) in [5.41, 5.74) is 0.827. The molecule has 0 spiro atoms. The molecule has 0 saturated heterocycles. The van der Waals surface area contributed by atoms with Crippen LogP contribution in [0.4, 0.5) is 0 Å². The average molecular weight is 253 g/mol. The summed E-state index contributed by atoms with van der Waals surface area (Å²) in [5, 5.41) is 13.0. The van der Waals surface area contributed by atoms with Gasteiger partial charge in [0, 0.05) is 0 Å². The molecule has 0 aromatic heterocycles. The van der Waals surface area contributed by atoms with Gasteiger partial charge < -0.3 is 10.4 Å². The van der Waals surface area contributed by atoms with Crippen LogP contribution in [0.5, 0.6) is 0 Å². The lowest BCUT2D eigenvalue weighted by atomic mass is 9.93. The lowest BCUT2D eigenvalue weighted by Gasteiger charge is -2.29. The molecule has 0 amide bonds. The van der Waals surface area contributed by atoms with Gasteiger partial charge in [-0.25, -0.2) is 0 Å². The largest absolute Gasteiger partial charge is 0.394 e. The standard InChI is InChI=1S/C14H23NOS/c1-14(12-16,13-8-4-3-5-9-13)15-10-6-7-11-17-2/h3-5,8-9,15-16H,6-7,10-12H2,1-2H3. The highest BCUT2D eigenvalue weighted by Gasteiger charge is 2.24. The molecule has 0 fully saturated rings.